The third-order valence-electron chi connectivity index (χ3n) is 3.17. The SMILES string of the molecule is N[C@H]1C[C@]1(F)c1ccc2ccccc2c1. The van der Waals surface area contributed by atoms with Crippen LogP contribution in [-0.2, 0) is 5.67 Å². The molecule has 1 fully saturated rings. The van der Waals surface area contributed by atoms with E-state index in [1.807, 2.05) is 42.5 Å². The van der Waals surface area contributed by atoms with E-state index in [0.29, 0.717) is 12.0 Å². The van der Waals surface area contributed by atoms with Crippen molar-refractivity contribution in [3.05, 3.63) is 48.0 Å². The van der Waals surface area contributed by atoms with Crippen LogP contribution < -0.4 is 5.73 Å². The van der Waals surface area contributed by atoms with Crippen molar-refractivity contribution in [3.8, 4) is 0 Å². The summed E-state index contributed by atoms with van der Waals surface area (Å²) in [6.45, 7) is 0. The summed E-state index contributed by atoms with van der Waals surface area (Å²) < 4.78 is 14.0. The van der Waals surface area contributed by atoms with Gasteiger partial charge in [-0.3, -0.25) is 0 Å². The second-order valence-corrected chi connectivity index (χ2v) is 4.24. The summed E-state index contributed by atoms with van der Waals surface area (Å²) in [6, 6.07) is 13.3. The molecule has 0 spiro atoms. The molecule has 76 valence electrons. The van der Waals surface area contributed by atoms with Gasteiger partial charge in [0.2, 0.25) is 0 Å². The Labute approximate surface area is 87.7 Å². The van der Waals surface area contributed by atoms with E-state index in [4.69, 9.17) is 5.73 Å². The molecule has 0 unspecified atom stereocenters. The summed E-state index contributed by atoms with van der Waals surface area (Å²) in [5.74, 6) is 0. The van der Waals surface area contributed by atoms with Crippen molar-refractivity contribution in [1.82, 2.24) is 0 Å². The van der Waals surface area contributed by atoms with Gasteiger partial charge in [0.1, 0.15) is 0 Å². The van der Waals surface area contributed by atoms with Crippen LogP contribution in [0.3, 0.4) is 0 Å². The maximum atomic E-state index is 14.0. The monoisotopic (exact) mass is 201 g/mol. The van der Waals surface area contributed by atoms with E-state index in [1.54, 1.807) is 0 Å². The molecule has 0 aliphatic heterocycles. The van der Waals surface area contributed by atoms with Crippen molar-refractivity contribution in [1.29, 1.82) is 0 Å². The molecule has 2 heteroatoms. The molecule has 2 atom stereocenters. The molecule has 15 heavy (non-hydrogen) atoms. The van der Waals surface area contributed by atoms with E-state index in [0.717, 1.165) is 10.8 Å². The van der Waals surface area contributed by atoms with Crippen LogP contribution in [0.15, 0.2) is 42.5 Å². The Morgan fingerprint density at radius 3 is 2.47 bits per heavy atom. The van der Waals surface area contributed by atoms with Crippen LogP contribution in [0.4, 0.5) is 4.39 Å². The third-order valence-corrected chi connectivity index (χ3v) is 3.17. The average molecular weight is 201 g/mol. The smallest absolute Gasteiger partial charge is 0.152 e. The summed E-state index contributed by atoms with van der Waals surface area (Å²) in [5.41, 5.74) is 5.04. The summed E-state index contributed by atoms with van der Waals surface area (Å²) in [6.07, 6.45) is 0.450. The van der Waals surface area contributed by atoms with Gasteiger partial charge in [-0.1, -0.05) is 36.4 Å². The number of halogens is 1. The van der Waals surface area contributed by atoms with Gasteiger partial charge in [-0.05, 0) is 22.4 Å². The number of rotatable bonds is 1. The second kappa shape index (κ2) is 2.80. The van der Waals surface area contributed by atoms with Crippen molar-refractivity contribution in [2.45, 2.75) is 18.1 Å². The highest BCUT2D eigenvalue weighted by Crippen LogP contribution is 2.48. The molecule has 0 aromatic heterocycles. The summed E-state index contributed by atoms with van der Waals surface area (Å²) in [7, 11) is 0. The van der Waals surface area contributed by atoms with Gasteiger partial charge in [0.15, 0.2) is 5.67 Å². The van der Waals surface area contributed by atoms with Crippen LogP contribution in [0.1, 0.15) is 12.0 Å². The standard InChI is InChI=1S/C13H12FN/c14-13(8-12(13)15)11-6-5-9-3-1-2-4-10(9)7-11/h1-7,12H,8,15H2/t12-,13-/m0/s1. The fraction of sp³-hybridized carbons (Fsp3) is 0.231. The molecule has 1 aliphatic carbocycles. The molecule has 3 rings (SSSR count). The maximum Gasteiger partial charge on any atom is 0.152 e. The van der Waals surface area contributed by atoms with Gasteiger partial charge in [-0.15, -0.1) is 0 Å². The lowest BCUT2D eigenvalue weighted by atomic mass is 10.0. The Hall–Kier alpha value is -1.41. The molecule has 0 saturated heterocycles. The zero-order valence-electron chi connectivity index (χ0n) is 8.28. The van der Waals surface area contributed by atoms with Gasteiger partial charge >= 0.3 is 0 Å². The van der Waals surface area contributed by atoms with Crippen LogP contribution in [0.2, 0.25) is 0 Å². The first kappa shape index (κ1) is 8.86. The molecule has 2 aromatic rings. The number of benzene rings is 2. The van der Waals surface area contributed by atoms with Gasteiger partial charge in [-0.25, -0.2) is 4.39 Å². The Balaban J connectivity index is 2.15. The van der Waals surface area contributed by atoms with Gasteiger partial charge in [0, 0.05) is 12.5 Å². The largest absolute Gasteiger partial charge is 0.325 e. The van der Waals surface area contributed by atoms with E-state index < -0.39 is 5.67 Å². The maximum absolute atomic E-state index is 14.0. The Kier molecular flexibility index (Phi) is 1.65. The number of alkyl halides is 1. The Morgan fingerprint density at radius 1 is 1.13 bits per heavy atom. The summed E-state index contributed by atoms with van der Waals surface area (Å²) in [4.78, 5) is 0. The Bertz CT molecular complexity index is 523. The van der Waals surface area contributed by atoms with Crippen LogP contribution in [-0.4, -0.2) is 6.04 Å². The highest BCUT2D eigenvalue weighted by Gasteiger charge is 2.54. The predicted octanol–water partition coefficient (Wildman–Crippen LogP) is 2.74. The molecule has 2 N–H and O–H groups in total. The topological polar surface area (TPSA) is 26.0 Å². The molecule has 2 aromatic carbocycles. The van der Waals surface area contributed by atoms with Crippen LogP contribution in [0.5, 0.6) is 0 Å². The van der Waals surface area contributed by atoms with Crippen LogP contribution in [0, 0.1) is 0 Å². The van der Waals surface area contributed by atoms with Gasteiger partial charge in [0.05, 0.1) is 0 Å². The lowest BCUT2D eigenvalue weighted by molar-refractivity contribution is 0.306. The van der Waals surface area contributed by atoms with E-state index >= 15 is 0 Å². The highest BCUT2D eigenvalue weighted by atomic mass is 19.1. The minimum absolute atomic E-state index is 0.321. The third kappa shape index (κ3) is 1.25. The van der Waals surface area contributed by atoms with Gasteiger partial charge < -0.3 is 5.73 Å². The molecular weight excluding hydrogens is 189 g/mol. The first-order valence-corrected chi connectivity index (χ1v) is 5.14. The first-order valence-electron chi connectivity index (χ1n) is 5.14. The highest BCUT2D eigenvalue weighted by molar-refractivity contribution is 5.83. The molecule has 0 bridgehead atoms. The van der Waals surface area contributed by atoms with Crippen molar-refractivity contribution in [2.75, 3.05) is 0 Å². The average Bonchev–Trinajstić information content (AvgIpc) is 2.88. The fourth-order valence-electron chi connectivity index (χ4n) is 2.04. The number of hydrogen-bond donors (Lipinski definition) is 1. The molecule has 0 amide bonds. The van der Waals surface area contributed by atoms with E-state index in [9.17, 15) is 4.39 Å². The normalized spacial score (nSPS) is 29.3. The summed E-state index contributed by atoms with van der Waals surface area (Å²) >= 11 is 0. The van der Waals surface area contributed by atoms with Crippen molar-refractivity contribution in [2.24, 2.45) is 5.73 Å². The lowest BCUT2D eigenvalue weighted by Crippen LogP contribution is -2.12. The molecule has 1 nitrogen and oxygen atoms in total. The van der Waals surface area contributed by atoms with Crippen molar-refractivity contribution < 1.29 is 4.39 Å². The quantitative estimate of drug-likeness (QED) is 0.754. The number of fused-ring (bicyclic) bond motifs is 1. The predicted molar refractivity (Wildman–Crippen MR) is 59.3 cm³/mol. The van der Waals surface area contributed by atoms with Gasteiger partial charge in [-0.2, -0.15) is 0 Å². The zero-order valence-corrected chi connectivity index (χ0v) is 8.28. The minimum Gasteiger partial charge on any atom is -0.325 e. The molecule has 1 aliphatic rings. The summed E-state index contributed by atoms with van der Waals surface area (Å²) in [5, 5.41) is 2.21. The van der Waals surface area contributed by atoms with Crippen molar-refractivity contribution >= 4 is 10.8 Å². The number of hydrogen-bond acceptors (Lipinski definition) is 1. The molecule has 0 radical (unpaired) electrons. The van der Waals surface area contributed by atoms with Crippen LogP contribution in [0.25, 0.3) is 10.8 Å². The lowest BCUT2D eigenvalue weighted by Gasteiger charge is -2.07. The second-order valence-electron chi connectivity index (χ2n) is 4.24. The zero-order chi connectivity index (χ0) is 10.5. The minimum atomic E-state index is -1.27. The van der Waals surface area contributed by atoms with Crippen molar-refractivity contribution in [3.63, 3.8) is 0 Å². The molecule has 0 heterocycles. The van der Waals surface area contributed by atoms with E-state index in [-0.39, 0.29) is 6.04 Å². The molecule has 1 saturated carbocycles. The van der Waals surface area contributed by atoms with Gasteiger partial charge in [0.25, 0.3) is 0 Å². The van der Waals surface area contributed by atoms with E-state index in [2.05, 4.69) is 0 Å². The fourth-order valence-corrected chi connectivity index (χ4v) is 2.04. The first-order chi connectivity index (χ1) is 7.20. The van der Waals surface area contributed by atoms with E-state index in [1.165, 1.54) is 0 Å². The number of nitrogens with two attached hydrogens (primary N) is 1. The Morgan fingerprint density at radius 2 is 1.80 bits per heavy atom. The van der Waals surface area contributed by atoms with Crippen LogP contribution >= 0.6 is 0 Å². The molecular formula is C13H12FN.